The van der Waals surface area contributed by atoms with Crippen LogP contribution in [0.2, 0.25) is 0 Å². The van der Waals surface area contributed by atoms with Gasteiger partial charge in [0, 0.05) is 0 Å². The van der Waals surface area contributed by atoms with Gasteiger partial charge in [0.05, 0.1) is 17.0 Å². The molecule has 2 N–H and O–H groups in total. The van der Waals surface area contributed by atoms with Crippen LogP contribution in [-0.2, 0) is 4.79 Å². The minimum atomic E-state index is -1.37. The van der Waals surface area contributed by atoms with Crippen LogP contribution >= 0.6 is 0 Å². The van der Waals surface area contributed by atoms with Crippen LogP contribution in [0.3, 0.4) is 0 Å². The SMILES string of the molecule is O=C(O)c1ccc(OC(=O)C2CCCCC2)cc1C(=O)O. The molecule has 1 aromatic rings. The minimum absolute atomic E-state index is 0.0629. The summed E-state index contributed by atoms with van der Waals surface area (Å²) < 4.78 is 5.18. The predicted octanol–water partition coefficient (Wildman–Crippen LogP) is 2.57. The summed E-state index contributed by atoms with van der Waals surface area (Å²) in [6.45, 7) is 0. The van der Waals surface area contributed by atoms with Crippen molar-refractivity contribution in [2.45, 2.75) is 32.1 Å². The molecular formula is C15H16O6. The third-order valence-corrected chi connectivity index (χ3v) is 3.61. The van der Waals surface area contributed by atoms with Gasteiger partial charge < -0.3 is 14.9 Å². The molecule has 1 aliphatic rings. The number of hydrogen-bond donors (Lipinski definition) is 2. The van der Waals surface area contributed by atoms with Crippen LogP contribution in [0.25, 0.3) is 0 Å². The van der Waals surface area contributed by atoms with Crippen LogP contribution in [0, 0.1) is 5.92 Å². The van der Waals surface area contributed by atoms with E-state index in [2.05, 4.69) is 0 Å². The second-order valence-electron chi connectivity index (χ2n) is 5.07. The predicted molar refractivity (Wildman–Crippen MR) is 72.6 cm³/mol. The number of ether oxygens (including phenoxy) is 1. The number of benzene rings is 1. The molecule has 1 aliphatic carbocycles. The topological polar surface area (TPSA) is 101 Å². The molecule has 2 rings (SSSR count). The van der Waals surface area contributed by atoms with Gasteiger partial charge in [-0.25, -0.2) is 9.59 Å². The zero-order valence-corrected chi connectivity index (χ0v) is 11.4. The van der Waals surface area contributed by atoms with Gasteiger partial charge in [0.25, 0.3) is 0 Å². The van der Waals surface area contributed by atoms with Crippen LogP contribution in [0.1, 0.15) is 52.8 Å². The number of hydrogen-bond acceptors (Lipinski definition) is 4. The Labute approximate surface area is 121 Å². The van der Waals surface area contributed by atoms with E-state index in [1.165, 1.54) is 6.07 Å². The fraction of sp³-hybridized carbons (Fsp3) is 0.400. The maximum absolute atomic E-state index is 12.0. The molecule has 1 saturated carbocycles. The van der Waals surface area contributed by atoms with Gasteiger partial charge in [-0.15, -0.1) is 0 Å². The lowest BCUT2D eigenvalue weighted by molar-refractivity contribution is -0.140. The number of carbonyl (C=O) groups is 3. The van der Waals surface area contributed by atoms with Gasteiger partial charge in [-0.3, -0.25) is 4.79 Å². The largest absolute Gasteiger partial charge is 0.478 e. The van der Waals surface area contributed by atoms with E-state index in [1.807, 2.05) is 0 Å². The Morgan fingerprint density at radius 3 is 2.14 bits per heavy atom. The average Bonchev–Trinajstić information content (AvgIpc) is 2.47. The molecule has 0 amide bonds. The highest BCUT2D eigenvalue weighted by Gasteiger charge is 2.24. The fourth-order valence-corrected chi connectivity index (χ4v) is 2.49. The monoisotopic (exact) mass is 292 g/mol. The summed E-state index contributed by atoms with van der Waals surface area (Å²) in [6.07, 6.45) is 4.63. The molecule has 0 aromatic heterocycles. The Morgan fingerprint density at radius 1 is 0.952 bits per heavy atom. The molecule has 0 unspecified atom stereocenters. The summed E-state index contributed by atoms with van der Waals surface area (Å²) in [5, 5.41) is 17.9. The number of esters is 1. The van der Waals surface area contributed by atoms with Gasteiger partial charge in [-0.2, -0.15) is 0 Å². The fourth-order valence-electron chi connectivity index (χ4n) is 2.49. The molecule has 0 atom stereocenters. The van der Waals surface area contributed by atoms with Gasteiger partial charge >= 0.3 is 17.9 Å². The molecule has 112 valence electrons. The van der Waals surface area contributed by atoms with Crippen molar-refractivity contribution in [1.82, 2.24) is 0 Å². The maximum atomic E-state index is 12.0. The number of aromatic carboxylic acids is 2. The Morgan fingerprint density at radius 2 is 1.57 bits per heavy atom. The van der Waals surface area contributed by atoms with Gasteiger partial charge in [-0.05, 0) is 31.0 Å². The van der Waals surface area contributed by atoms with E-state index >= 15 is 0 Å². The van der Waals surface area contributed by atoms with Crippen molar-refractivity contribution in [3.8, 4) is 5.75 Å². The Bertz CT molecular complexity index is 572. The highest BCUT2D eigenvalue weighted by atomic mass is 16.5. The van der Waals surface area contributed by atoms with Crippen molar-refractivity contribution < 1.29 is 29.3 Å². The zero-order valence-electron chi connectivity index (χ0n) is 11.4. The number of carboxylic acids is 2. The van der Waals surface area contributed by atoms with E-state index in [0.29, 0.717) is 0 Å². The van der Waals surface area contributed by atoms with Gasteiger partial charge in [0.2, 0.25) is 0 Å². The molecule has 0 heterocycles. The second-order valence-corrected chi connectivity index (χ2v) is 5.07. The van der Waals surface area contributed by atoms with Crippen LogP contribution in [0.4, 0.5) is 0 Å². The smallest absolute Gasteiger partial charge is 0.336 e. The first-order chi connectivity index (χ1) is 9.99. The highest BCUT2D eigenvalue weighted by molar-refractivity contribution is 6.02. The van der Waals surface area contributed by atoms with E-state index in [4.69, 9.17) is 14.9 Å². The van der Waals surface area contributed by atoms with Gasteiger partial charge in [0.1, 0.15) is 5.75 Å². The van der Waals surface area contributed by atoms with Gasteiger partial charge in [0.15, 0.2) is 0 Å². The molecule has 0 radical (unpaired) electrons. The summed E-state index contributed by atoms with van der Waals surface area (Å²) in [5.74, 6) is -3.19. The lowest BCUT2D eigenvalue weighted by Gasteiger charge is -2.19. The summed E-state index contributed by atoms with van der Waals surface area (Å²) in [6, 6.07) is 3.51. The molecular weight excluding hydrogens is 276 g/mol. The van der Waals surface area contributed by atoms with E-state index in [-0.39, 0.29) is 23.2 Å². The van der Waals surface area contributed by atoms with Crippen molar-refractivity contribution in [1.29, 1.82) is 0 Å². The minimum Gasteiger partial charge on any atom is -0.478 e. The summed E-state index contributed by atoms with van der Waals surface area (Å²) in [7, 11) is 0. The van der Waals surface area contributed by atoms with Crippen molar-refractivity contribution in [2.24, 2.45) is 5.92 Å². The van der Waals surface area contributed by atoms with Crippen LogP contribution < -0.4 is 4.74 Å². The first-order valence-electron chi connectivity index (χ1n) is 6.81. The standard InChI is InChI=1S/C15H16O6/c16-13(17)11-7-6-10(8-12(11)14(18)19)21-15(20)9-4-2-1-3-5-9/h6-9H,1-5H2,(H,16,17)(H,18,19). The summed E-state index contributed by atoms with van der Waals surface area (Å²) >= 11 is 0. The van der Waals surface area contributed by atoms with Crippen molar-refractivity contribution >= 4 is 17.9 Å². The molecule has 0 aliphatic heterocycles. The third-order valence-electron chi connectivity index (χ3n) is 3.61. The lowest BCUT2D eigenvalue weighted by Crippen LogP contribution is -2.23. The van der Waals surface area contributed by atoms with Gasteiger partial charge in [-0.1, -0.05) is 19.3 Å². The molecule has 1 fully saturated rings. The Balaban J connectivity index is 2.16. The summed E-state index contributed by atoms with van der Waals surface area (Å²) in [5.41, 5.74) is -0.726. The molecule has 6 heteroatoms. The normalized spacial score (nSPS) is 15.4. The number of rotatable bonds is 4. The quantitative estimate of drug-likeness (QED) is 0.653. The third kappa shape index (κ3) is 3.59. The van der Waals surface area contributed by atoms with Crippen LogP contribution in [0.5, 0.6) is 5.75 Å². The van der Waals surface area contributed by atoms with E-state index in [9.17, 15) is 14.4 Å². The van der Waals surface area contributed by atoms with E-state index in [0.717, 1.165) is 44.2 Å². The maximum Gasteiger partial charge on any atom is 0.336 e. The molecule has 0 spiro atoms. The van der Waals surface area contributed by atoms with Crippen molar-refractivity contribution in [3.05, 3.63) is 29.3 Å². The van der Waals surface area contributed by atoms with Crippen LogP contribution in [0.15, 0.2) is 18.2 Å². The van der Waals surface area contributed by atoms with Crippen LogP contribution in [-0.4, -0.2) is 28.1 Å². The highest BCUT2D eigenvalue weighted by Crippen LogP contribution is 2.26. The first-order valence-corrected chi connectivity index (χ1v) is 6.81. The number of carbonyl (C=O) groups excluding carboxylic acids is 1. The Hall–Kier alpha value is -2.37. The Kier molecular flexibility index (Phi) is 4.57. The van der Waals surface area contributed by atoms with Crippen molar-refractivity contribution in [3.63, 3.8) is 0 Å². The molecule has 6 nitrogen and oxygen atoms in total. The number of carboxylic acid groups (broad SMARTS) is 2. The first kappa shape index (κ1) is 15.0. The van der Waals surface area contributed by atoms with Crippen molar-refractivity contribution in [2.75, 3.05) is 0 Å². The average molecular weight is 292 g/mol. The molecule has 21 heavy (non-hydrogen) atoms. The van der Waals surface area contributed by atoms with E-state index in [1.54, 1.807) is 0 Å². The zero-order chi connectivity index (χ0) is 15.4. The molecule has 0 saturated heterocycles. The lowest BCUT2D eigenvalue weighted by atomic mass is 9.89. The van der Waals surface area contributed by atoms with E-state index < -0.39 is 17.5 Å². The second kappa shape index (κ2) is 6.39. The molecule has 0 bridgehead atoms. The molecule has 1 aromatic carbocycles. The summed E-state index contributed by atoms with van der Waals surface area (Å²) in [4.78, 5) is 34.0.